The molecule has 0 aliphatic heterocycles. The van der Waals surface area contributed by atoms with Crippen molar-refractivity contribution in [3.63, 3.8) is 0 Å². The van der Waals surface area contributed by atoms with Crippen molar-refractivity contribution in [1.82, 2.24) is 14.9 Å². The van der Waals surface area contributed by atoms with E-state index in [1.807, 2.05) is 61.5 Å². The lowest BCUT2D eigenvalue weighted by Crippen LogP contribution is -2.21. The van der Waals surface area contributed by atoms with E-state index in [9.17, 15) is 9.59 Å². The molecule has 1 heterocycles. The molecule has 7 heteroatoms. The van der Waals surface area contributed by atoms with Gasteiger partial charge in [0.05, 0.1) is 5.69 Å². The Hall–Kier alpha value is -4.23. The van der Waals surface area contributed by atoms with E-state index >= 15 is 0 Å². The number of benzene rings is 3. The van der Waals surface area contributed by atoms with Crippen molar-refractivity contribution in [2.75, 3.05) is 17.2 Å². The molecular formula is C34H39N5O2. The van der Waals surface area contributed by atoms with Crippen molar-refractivity contribution < 1.29 is 4.79 Å². The van der Waals surface area contributed by atoms with E-state index in [4.69, 9.17) is 4.98 Å². The van der Waals surface area contributed by atoms with Gasteiger partial charge in [-0.05, 0) is 84.7 Å². The van der Waals surface area contributed by atoms with Crippen LogP contribution in [0.2, 0.25) is 0 Å². The van der Waals surface area contributed by atoms with Gasteiger partial charge in [0.2, 0.25) is 0 Å². The largest absolute Gasteiger partial charge is 0.336 e. The number of amides is 1. The van der Waals surface area contributed by atoms with E-state index in [0.29, 0.717) is 16.9 Å². The van der Waals surface area contributed by atoms with E-state index < -0.39 is 0 Å². The van der Waals surface area contributed by atoms with Gasteiger partial charge in [0, 0.05) is 42.3 Å². The van der Waals surface area contributed by atoms with Crippen LogP contribution in [0.25, 0.3) is 11.3 Å². The number of aromatic nitrogens is 2. The Kier molecular flexibility index (Phi) is 8.08. The van der Waals surface area contributed by atoms with Crippen molar-refractivity contribution in [2.24, 2.45) is 13.0 Å². The Labute approximate surface area is 242 Å². The third kappa shape index (κ3) is 6.92. The Bertz CT molecular complexity index is 1590. The number of hydrogen-bond acceptors (Lipinski definition) is 5. The van der Waals surface area contributed by atoms with Crippen LogP contribution < -0.4 is 21.5 Å². The highest BCUT2D eigenvalue weighted by Crippen LogP contribution is 2.29. The second-order valence-corrected chi connectivity index (χ2v) is 12.0. The predicted molar refractivity (Wildman–Crippen MR) is 167 cm³/mol. The summed E-state index contributed by atoms with van der Waals surface area (Å²) in [6.45, 7) is 10.3. The Morgan fingerprint density at radius 2 is 1.71 bits per heavy atom. The van der Waals surface area contributed by atoms with Gasteiger partial charge in [-0.25, -0.2) is 4.98 Å². The maximum Gasteiger partial charge on any atom is 0.293 e. The van der Waals surface area contributed by atoms with Crippen molar-refractivity contribution in [3.05, 3.63) is 106 Å². The first-order valence-electron chi connectivity index (χ1n) is 14.2. The van der Waals surface area contributed by atoms with Gasteiger partial charge in [-0.3, -0.25) is 9.59 Å². The van der Waals surface area contributed by atoms with E-state index in [0.717, 1.165) is 35.8 Å². The quantitative estimate of drug-likeness (QED) is 0.220. The highest BCUT2D eigenvalue weighted by Gasteiger charge is 2.20. The van der Waals surface area contributed by atoms with Crippen molar-refractivity contribution in [3.8, 4) is 11.3 Å². The Morgan fingerprint density at radius 3 is 2.37 bits per heavy atom. The second kappa shape index (κ2) is 11.7. The molecule has 212 valence electrons. The SMILES string of the molecule is Cc1c(NC(=O)c2ccc(C(C)(C)C)cc2)cccc1-c1cn(C)c(=O)c(Nc2ccc(CNCC3CC3)cc2)n1. The maximum absolute atomic E-state index is 13.1. The number of rotatable bonds is 9. The molecule has 0 bridgehead atoms. The van der Waals surface area contributed by atoms with Crippen molar-refractivity contribution in [2.45, 2.75) is 52.5 Å². The minimum Gasteiger partial charge on any atom is -0.336 e. The van der Waals surface area contributed by atoms with E-state index in [-0.39, 0.29) is 22.7 Å². The fourth-order valence-corrected chi connectivity index (χ4v) is 4.77. The van der Waals surface area contributed by atoms with Crippen LogP contribution in [0.1, 0.15) is 60.7 Å². The minimum absolute atomic E-state index is 0.0203. The summed E-state index contributed by atoms with van der Waals surface area (Å²) in [4.78, 5) is 30.7. The average molecular weight is 550 g/mol. The Balaban J connectivity index is 1.33. The average Bonchev–Trinajstić information content (AvgIpc) is 3.77. The molecule has 1 fully saturated rings. The summed E-state index contributed by atoms with van der Waals surface area (Å²) in [7, 11) is 1.72. The van der Waals surface area contributed by atoms with Gasteiger partial charge >= 0.3 is 0 Å². The lowest BCUT2D eigenvalue weighted by atomic mass is 9.86. The first-order valence-corrected chi connectivity index (χ1v) is 14.2. The zero-order valence-electron chi connectivity index (χ0n) is 24.5. The fourth-order valence-electron chi connectivity index (χ4n) is 4.77. The van der Waals surface area contributed by atoms with Crippen LogP contribution in [0, 0.1) is 12.8 Å². The highest BCUT2D eigenvalue weighted by atomic mass is 16.1. The molecule has 0 atom stereocenters. The van der Waals surface area contributed by atoms with Crippen LogP contribution >= 0.6 is 0 Å². The number of nitrogens with one attached hydrogen (secondary N) is 3. The fraction of sp³-hybridized carbons (Fsp3) is 0.324. The normalized spacial score (nSPS) is 13.2. The molecular weight excluding hydrogens is 510 g/mol. The smallest absolute Gasteiger partial charge is 0.293 e. The summed E-state index contributed by atoms with van der Waals surface area (Å²) in [5.74, 6) is 0.918. The van der Waals surface area contributed by atoms with Crippen LogP contribution in [0.3, 0.4) is 0 Å². The monoisotopic (exact) mass is 549 g/mol. The molecule has 0 saturated heterocycles. The molecule has 3 N–H and O–H groups in total. The van der Waals surface area contributed by atoms with Gasteiger partial charge in [-0.1, -0.05) is 57.2 Å². The molecule has 4 aromatic rings. The standard InChI is InChI=1S/C34H39N5O2/c1-22-28(7-6-8-29(22)38-32(40)25-13-15-26(16-14-25)34(2,3)4)30-21-39(5)33(41)31(37-30)36-27-17-11-24(12-18-27)20-35-19-23-9-10-23/h6-8,11-18,21,23,35H,9-10,19-20H2,1-5H3,(H,36,37)(H,38,40). The molecule has 1 saturated carbocycles. The minimum atomic E-state index is -0.218. The van der Waals surface area contributed by atoms with Crippen molar-refractivity contribution in [1.29, 1.82) is 0 Å². The first-order chi connectivity index (χ1) is 19.6. The number of carbonyl (C=O) groups is 1. The van der Waals surface area contributed by atoms with Crippen molar-refractivity contribution >= 4 is 23.1 Å². The molecule has 5 rings (SSSR count). The highest BCUT2D eigenvalue weighted by molar-refractivity contribution is 6.05. The lowest BCUT2D eigenvalue weighted by molar-refractivity contribution is 0.102. The number of anilines is 3. The van der Waals surface area contributed by atoms with Gasteiger partial charge in [-0.15, -0.1) is 0 Å². The summed E-state index contributed by atoms with van der Waals surface area (Å²) in [5.41, 5.74) is 6.61. The molecule has 1 aromatic heterocycles. The molecule has 1 aliphatic rings. The summed E-state index contributed by atoms with van der Waals surface area (Å²) in [6, 6.07) is 21.5. The number of aryl methyl sites for hydroxylation is 1. The van der Waals surface area contributed by atoms with Crippen LogP contribution in [0.4, 0.5) is 17.2 Å². The summed E-state index contributed by atoms with van der Waals surface area (Å²) >= 11 is 0. The molecule has 3 aromatic carbocycles. The number of carbonyl (C=O) groups excluding carboxylic acids is 1. The zero-order chi connectivity index (χ0) is 29.1. The number of hydrogen-bond donors (Lipinski definition) is 3. The van der Waals surface area contributed by atoms with Crippen LogP contribution in [-0.4, -0.2) is 22.0 Å². The third-order valence-corrected chi connectivity index (χ3v) is 7.62. The van der Waals surface area contributed by atoms with Crippen LogP contribution in [0.5, 0.6) is 0 Å². The molecule has 7 nitrogen and oxygen atoms in total. The van der Waals surface area contributed by atoms with E-state index in [1.54, 1.807) is 13.2 Å². The maximum atomic E-state index is 13.1. The summed E-state index contributed by atoms with van der Waals surface area (Å²) in [5, 5.41) is 9.75. The van der Waals surface area contributed by atoms with Gasteiger partial charge in [0.25, 0.3) is 11.5 Å². The first kappa shape index (κ1) is 28.3. The molecule has 1 amide bonds. The van der Waals surface area contributed by atoms with Gasteiger partial charge in [0.15, 0.2) is 5.82 Å². The summed E-state index contributed by atoms with van der Waals surface area (Å²) in [6.07, 6.45) is 4.39. The molecule has 0 spiro atoms. The molecule has 0 radical (unpaired) electrons. The molecule has 41 heavy (non-hydrogen) atoms. The Morgan fingerprint density at radius 1 is 1.00 bits per heavy atom. The summed E-state index contributed by atoms with van der Waals surface area (Å²) < 4.78 is 1.53. The molecule has 1 aliphatic carbocycles. The van der Waals surface area contributed by atoms with Gasteiger partial charge in [0.1, 0.15) is 0 Å². The number of nitrogens with zero attached hydrogens (tertiary/aromatic N) is 2. The second-order valence-electron chi connectivity index (χ2n) is 12.0. The van der Waals surface area contributed by atoms with Gasteiger partial charge < -0.3 is 20.5 Å². The van der Waals surface area contributed by atoms with Crippen LogP contribution in [-0.2, 0) is 19.0 Å². The van der Waals surface area contributed by atoms with E-state index in [1.165, 1.54) is 28.5 Å². The molecule has 0 unspecified atom stereocenters. The van der Waals surface area contributed by atoms with Gasteiger partial charge in [-0.2, -0.15) is 0 Å². The predicted octanol–water partition coefficient (Wildman–Crippen LogP) is 6.55. The van der Waals surface area contributed by atoms with E-state index in [2.05, 4.69) is 48.9 Å². The lowest BCUT2D eigenvalue weighted by Gasteiger charge is -2.19. The topological polar surface area (TPSA) is 88.0 Å². The van der Waals surface area contributed by atoms with Crippen LogP contribution in [0.15, 0.2) is 77.7 Å². The third-order valence-electron chi connectivity index (χ3n) is 7.62. The zero-order valence-corrected chi connectivity index (χ0v) is 24.5.